The van der Waals surface area contributed by atoms with Crippen LogP contribution in [-0.2, 0) is 13.0 Å². The van der Waals surface area contributed by atoms with Crippen LogP contribution in [0, 0.1) is 0 Å². The summed E-state index contributed by atoms with van der Waals surface area (Å²) in [5.74, 6) is 0.895. The molecule has 1 aromatic carbocycles. The van der Waals surface area contributed by atoms with Gasteiger partial charge in [0.05, 0.1) is 6.10 Å². The normalized spacial score (nSPS) is 14.8. The van der Waals surface area contributed by atoms with E-state index in [9.17, 15) is 9.90 Å². The highest BCUT2D eigenvalue weighted by atomic mass is 16.3. The van der Waals surface area contributed by atoms with E-state index in [4.69, 9.17) is 0 Å². The Labute approximate surface area is 169 Å². The predicted molar refractivity (Wildman–Crippen MR) is 110 cm³/mol. The summed E-state index contributed by atoms with van der Waals surface area (Å²) in [5.41, 5.74) is 3.16. The van der Waals surface area contributed by atoms with Gasteiger partial charge < -0.3 is 15.7 Å². The maximum atomic E-state index is 12.4. The van der Waals surface area contributed by atoms with E-state index >= 15 is 0 Å². The first kappa shape index (κ1) is 19.1. The number of nitrogens with one attached hydrogen (secondary N) is 3. The van der Waals surface area contributed by atoms with Crippen molar-refractivity contribution < 1.29 is 9.90 Å². The molecule has 29 heavy (non-hydrogen) atoms. The average Bonchev–Trinajstić information content (AvgIpc) is 3.25. The van der Waals surface area contributed by atoms with Crippen LogP contribution in [0.5, 0.6) is 0 Å². The number of nitrogens with zero attached hydrogens (tertiary/aromatic N) is 3. The average molecular weight is 392 g/mol. The first-order chi connectivity index (χ1) is 14.2. The summed E-state index contributed by atoms with van der Waals surface area (Å²) in [4.78, 5) is 18.9. The summed E-state index contributed by atoms with van der Waals surface area (Å²) < 4.78 is 0. The number of benzene rings is 1. The molecule has 150 valence electrons. The highest BCUT2D eigenvalue weighted by Crippen LogP contribution is 2.18. The Kier molecular flexibility index (Phi) is 5.83. The van der Waals surface area contributed by atoms with Gasteiger partial charge in [-0.25, -0.2) is 4.98 Å². The molecule has 0 bridgehead atoms. The number of aromatic nitrogens is 3. The number of aromatic amines is 1. The van der Waals surface area contributed by atoms with E-state index in [0.29, 0.717) is 23.7 Å². The number of amides is 1. The number of anilines is 2. The van der Waals surface area contributed by atoms with Crippen molar-refractivity contribution in [2.75, 3.05) is 25.0 Å². The van der Waals surface area contributed by atoms with E-state index in [1.54, 1.807) is 30.6 Å². The van der Waals surface area contributed by atoms with Gasteiger partial charge in [0.25, 0.3) is 5.91 Å². The van der Waals surface area contributed by atoms with Gasteiger partial charge in [-0.2, -0.15) is 5.10 Å². The first-order valence-corrected chi connectivity index (χ1v) is 9.65. The van der Waals surface area contributed by atoms with Crippen molar-refractivity contribution >= 4 is 17.5 Å². The van der Waals surface area contributed by atoms with E-state index < -0.39 is 6.10 Å². The molecule has 0 radical (unpaired) electrons. The fraction of sp³-hybridized carbons (Fsp3) is 0.286. The van der Waals surface area contributed by atoms with E-state index in [0.717, 1.165) is 19.5 Å². The molecule has 2 aromatic heterocycles. The molecule has 0 saturated carbocycles. The molecule has 1 amide bonds. The second-order valence-corrected chi connectivity index (χ2v) is 7.13. The Morgan fingerprint density at radius 1 is 1.21 bits per heavy atom. The maximum absolute atomic E-state index is 12.4. The van der Waals surface area contributed by atoms with Crippen LogP contribution in [0.4, 0.5) is 11.6 Å². The number of aliphatic hydroxyl groups is 1. The van der Waals surface area contributed by atoms with Gasteiger partial charge in [0.15, 0.2) is 5.82 Å². The molecule has 4 N–H and O–H groups in total. The van der Waals surface area contributed by atoms with Crippen LogP contribution in [0.3, 0.4) is 0 Å². The lowest BCUT2D eigenvalue weighted by Crippen LogP contribution is -2.42. The number of β-amino-alcohol motifs (C(OH)–C–C–N with tert-alkyl or cyclic N) is 1. The lowest BCUT2D eigenvalue weighted by atomic mass is 10.00. The minimum absolute atomic E-state index is 0.196. The molecule has 1 unspecified atom stereocenters. The van der Waals surface area contributed by atoms with Gasteiger partial charge in [-0.15, -0.1) is 0 Å². The fourth-order valence-corrected chi connectivity index (χ4v) is 3.49. The summed E-state index contributed by atoms with van der Waals surface area (Å²) in [5, 5.41) is 22.9. The second-order valence-electron chi connectivity index (χ2n) is 7.13. The number of fused-ring (bicyclic) bond motifs is 1. The minimum atomic E-state index is -0.632. The molecule has 3 heterocycles. The predicted octanol–water partition coefficient (Wildman–Crippen LogP) is 1.70. The molecule has 0 aliphatic carbocycles. The number of aliphatic hydroxyl groups excluding tert-OH is 1. The molecule has 0 fully saturated rings. The van der Waals surface area contributed by atoms with Gasteiger partial charge >= 0.3 is 0 Å². The summed E-state index contributed by atoms with van der Waals surface area (Å²) in [7, 11) is 0. The van der Waals surface area contributed by atoms with Crippen LogP contribution >= 0.6 is 0 Å². The molecule has 1 atom stereocenters. The summed E-state index contributed by atoms with van der Waals surface area (Å²) >= 11 is 0. The Morgan fingerprint density at radius 2 is 2.07 bits per heavy atom. The monoisotopic (exact) mass is 392 g/mol. The quantitative estimate of drug-likeness (QED) is 0.488. The van der Waals surface area contributed by atoms with Gasteiger partial charge in [0.1, 0.15) is 5.82 Å². The largest absolute Gasteiger partial charge is 0.390 e. The van der Waals surface area contributed by atoms with E-state index in [2.05, 4.69) is 48.9 Å². The number of pyridine rings is 1. The van der Waals surface area contributed by atoms with Crippen molar-refractivity contribution in [3.05, 3.63) is 71.5 Å². The zero-order valence-electron chi connectivity index (χ0n) is 16.0. The topological polar surface area (TPSA) is 106 Å². The smallest absolute Gasteiger partial charge is 0.251 e. The van der Waals surface area contributed by atoms with Crippen LogP contribution in [-0.4, -0.2) is 56.8 Å². The molecule has 0 spiro atoms. The van der Waals surface area contributed by atoms with E-state index in [-0.39, 0.29) is 12.5 Å². The minimum Gasteiger partial charge on any atom is -0.390 e. The Hall–Kier alpha value is -3.23. The molecule has 8 nitrogen and oxygen atoms in total. The summed E-state index contributed by atoms with van der Waals surface area (Å²) in [6.45, 7) is 2.46. The number of hydrogen-bond acceptors (Lipinski definition) is 6. The zero-order chi connectivity index (χ0) is 20.1. The molecule has 0 saturated heterocycles. The molecule has 8 heteroatoms. The molecule has 1 aliphatic heterocycles. The Balaban J connectivity index is 1.27. The summed E-state index contributed by atoms with van der Waals surface area (Å²) in [6.07, 6.45) is 3.61. The third-order valence-corrected chi connectivity index (χ3v) is 4.96. The standard InChI is InChI=1S/C21H24N6O2/c28-18(14-27-10-7-15-3-1-2-4-17(15)13-27)12-23-21(29)16-5-8-22-20(11-16)25-19-6-9-24-26-19/h1-6,8-9,11,18,28H,7,10,12-14H2,(H,23,29)(H2,22,24,25,26). The van der Waals surface area contributed by atoms with Crippen LogP contribution in [0.15, 0.2) is 54.9 Å². The van der Waals surface area contributed by atoms with Gasteiger partial charge in [-0.05, 0) is 29.7 Å². The second kappa shape index (κ2) is 8.85. The van der Waals surface area contributed by atoms with Gasteiger partial charge in [-0.3, -0.25) is 14.8 Å². The first-order valence-electron chi connectivity index (χ1n) is 9.65. The van der Waals surface area contributed by atoms with Crippen LogP contribution < -0.4 is 10.6 Å². The number of rotatable bonds is 7. The molecule has 1 aliphatic rings. The van der Waals surface area contributed by atoms with Gasteiger partial charge in [-0.1, -0.05) is 24.3 Å². The van der Waals surface area contributed by atoms with Gasteiger partial charge in [0, 0.05) is 50.2 Å². The molecular weight excluding hydrogens is 368 g/mol. The molecule has 3 aromatic rings. The zero-order valence-corrected chi connectivity index (χ0v) is 16.0. The van der Waals surface area contributed by atoms with Crippen molar-refractivity contribution in [2.24, 2.45) is 0 Å². The number of H-pyrrole nitrogens is 1. The Bertz CT molecular complexity index is 959. The molecule has 4 rings (SSSR count). The number of hydrogen-bond donors (Lipinski definition) is 4. The van der Waals surface area contributed by atoms with Crippen molar-refractivity contribution in [2.45, 2.75) is 19.1 Å². The van der Waals surface area contributed by atoms with Crippen molar-refractivity contribution in [3.63, 3.8) is 0 Å². The lowest BCUT2D eigenvalue weighted by molar-refractivity contribution is 0.0842. The highest BCUT2D eigenvalue weighted by Gasteiger charge is 2.19. The van der Waals surface area contributed by atoms with Crippen LogP contribution in [0.2, 0.25) is 0 Å². The van der Waals surface area contributed by atoms with Crippen LogP contribution in [0.25, 0.3) is 0 Å². The Morgan fingerprint density at radius 3 is 2.90 bits per heavy atom. The fourth-order valence-electron chi connectivity index (χ4n) is 3.49. The van der Waals surface area contributed by atoms with Crippen molar-refractivity contribution in [1.82, 2.24) is 25.4 Å². The van der Waals surface area contributed by atoms with Crippen molar-refractivity contribution in [1.29, 1.82) is 0 Å². The SMILES string of the molecule is O=C(NCC(O)CN1CCc2ccccc2C1)c1ccnc(Nc2cc[nH]n2)c1. The lowest BCUT2D eigenvalue weighted by Gasteiger charge is -2.30. The highest BCUT2D eigenvalue weighted by molar-refractivity contribution is 5.94. The van der Waals surface area contributed by atoms with Crippen molar-refractivity contribution in [3.8, 4) is 0 Å². The van der Waals surface area contributed by atoms with Crippen LogP contribution in [0.1, 0.15) is 21.5 Å². The number of carbonyl (C=O) groups excluding carboxylic acids is 1. The summed E-state index contributed by atoms with van der Waals surface area (Å²) in [6, 6.07) is 13.5. The van der Waals surface area contributed by atoms with Gasteiger partial charge in [0.2, 0.25) is 0 Å². The maximum Gasteiger partial charge on any atom is 0.251 e. The third-order valence-electron chi connectivity index (χ3n) is 4.96. The molecular formula is C21H24N6O2. The number of carbonyl (C=O) groups is 1. The third kappa shape index (κ3) is 4.98. The van der Waals surface area contributed by atoms with E-state index in [1.165, 1.54) is 11.1 Å². The van der Waals surface area contributed by atoms with E-state index in [1.807, 2.05) is 6.07 Å².